The molecule has 0 spiro atoms. The van der Waals surface area contributed by atoms with Crippen LogP contribution in [0.1, 0.15) is 23.7 Å². The van der Waals surface area contributed by atoms with Gasteiger partial charge in [0.1, 0.15) is 5.82 Å². The standard InChI is InChI=1S/C12H12FNO4S/c1-3-8(4-2)14-19(17,18)9-5-6-11(13)10(7-9)12(15)16/h1,5-8,14H,4H2,2H3,(H,15,16). The van der Waals surface area contributed by atoms with Crippen LogP contribution in [0.3, 0.4) is 0 Å². The van der Waals surface area contributed by atoms with Gasteiger partial charge in [0.15, 0.2) is 0 Å². The van der Waals surface area contributed by atoms with Gasteiger partial charge in [0.2, 0.25) is 10.0 Å². The Morgan fingerprint density at radius 3 is 2.68 bits per heavy atom. The van der Waals surface area contributed by atoms with Crippen LogP contribution in [0.5, 0.6) is 0 Å². The first-order valence-corrected chi connectivity index (χ1v) is 6.81. The first-order chi connectivity index (χ1) is 8.81. The summed E-state index contributed by atoms with van der Waals surface area (Å²) < 4.78 is 39.2. The molecular formula is C12H12FNO4S. The minimum Gasteiger partial charge on any atom is -0.478 e. The number of halogens is 1. The van der Waals surface area contributed by atoms with E-state index in [1.54, 1.807) is 6.92 Å². The number of sulfonamides is 1. The molecule has 0 saturated heterocycles. The molecule has 0 aliphatic heterocycles. The summed E-state index contributed by atoms with van der Waals surface area (Å²) in [7, 11) is -3.98. The Kier molecular flexibility index (Phi) is 4.64. The predicted octanol–water partition coefficient (Wildman–Crippen LogP) is 1.21. The largest absolute Gasteiger partial charge is 0.478 e. The quantitative estimate of drug-likeness (QED) is 0.797. The van der Waals surface area contributed by atoms with Crippen molar-refractivity contribution in [2.45, 2.75) is 24.3 Å². The lowest BCUT2D eigenvalue weighted by molar-refractivity contribution is 0.0691. The maximum absolute atomic E-state index is 13.2. The Hall–Kier alpha value is -1.91. The molecule has 0 aliphatic rings. The van der Waals surface area contributed by atoms with Gasteiger partial charge in [0.25, 0.3) is 0 Å². The summed E-state index contributed by atoms with van der Waals surface area (Å²) >= 11 is 0. The maximum Gasteiger partial charge on any atom is 0.338 e. The van der Waals surface area contributed by atoms with Crippen molar-refractivity contribution in [3.05, 3.63) is 29.6 Å². The summed E-state index contributed by atoms with van der Waals surface area (Å²) in [5, 5.41) is 8.74. The van der Waals surface area contributed by atoms with Crippen LogP contribution in [0.15, 0.2) is 23.1 Å². The molecule has 2 N–H and O–H groups in total. The third-order valence-corrected chi connectivity index (χ3v) is 3.85. The van der Waals surface area contributed by atoms with E-state index in [4.69, 9.17) is 11.5 Å². The summed E-state index contributed by atoms with van der Waals surface area (Å²) in [6, 6.07) is 1.81. The zero-order valence-electron chi connectivity index (χ0n) is 10.1. The van der Waals surface area contributed by atoms with Crippen molar-refractivity contribution < 1.29 is 22.7 Å². The Morgan fingerprint density at radius 2 is 2.21 bits per heavy atom. The van der Waals surface area contributed by atoms with Crippen molar-refractivity contribution >= 4 is 16.0 Å². The van der Waals surface area contributed by atoms with Gasteiger partial charge in [-0.05, 0) is 24.6 Å². The first kappa shape index (κ1) is 15.1. The molecule has 0 amide bonds. The lowest BCUT2D eigenvalue weighted by Crippen LogP contribution is -2.33. The van der Waals surface area contributed by atoms with Gasteiger partial charge in [-0.2, -0.15) is 4.72 Å². The van der Waals surface area contributed by atoms with E-state index in [0.717, 1.165) is 18.2 Å². The lowest BCUT2D eigenvalue weighted by atomic mass is 10.2. The van der Waals surface area contributed by atoms with E-state index in [1.165, 1.54) is 0 Å². The Balaban J connectivity index is 3.20. The van der Waals surface area contributed by atoms with Crippen LogP contribution in [-0.2, 0) is 10.0 Å². The monoisotopic (exact) mass is 285 g/mol. The highest BCUT2D eigenvalue weighted by Crippen LogP contribution is 2.15. The molecule has 19 heavy (non-hydrogen) atoms. The molecule has 7 heteroatoms. The number of hydrogen-bond acceptors (Lipinski definition) is 3. The number of terminal acetylenes is 1. The topological polar surface area (TPSA) is 83.5 Å². The van der Waals surface area contributed by atoms with Crippen molar-refractivity contribution in [3.8, 4) is 12.3 Å². The molecular weight excluding hydrogens is 273 g/mol. The molecule has 0 radical (unpaired) electrons. The third-order valence-electron chi connectivity index (χ3n) is 2.39. The number of carboxylic acids is 1. The average molecular weight is 285 g/mol. The molecule has 0 fully saturated rings. The van der Waals surface area contributed by atoms with Crippen LogP contribution in [0.2, 0.25) is 0 Å². The van der Waals surface area contributed by atoms with Gasteiger partial charge < -0.3 is 5.11 Å². The minimum absolute atomic E-state index is 0.347. The van der Waals surface area contributed by atoms with Gasteiger partial charge in [-0.25, -0.2) is 17.6 Å². The van der Waals surface area contributed by atoms with Gasteiger partial charge in [0, 0.05) is 0 Å². The highest BCUT2D eigenvalue weighted by molar-refractivity contribution is 7.89. The summed E-state index contributed by atoms with van der Waals surface area (Å²) in [5.74, 6) is -0.302. The van der Waals surface area contributed by atoms with E-state index >= 15 is 0 Å². The molecule has 0 heterocycles. The van der Waals surface area contributed by atoms with Crippen molar-refractivity contribution in [1.29, 1.82) is 0 Å². The summed E-state index contributed by atoms with van der Waals surface area (Å²) in [6.07, 6.45) is 5.52. The summed E-state index contributed by atoms with van der Waals surface area (Å²) in [6.45, 7) is 1.69. The van der Waals surface area contributed by atoms with E-state index in [1.807, 2.05) is 0 Å². The van der Waals surface area contributed by atoms with Gasteiger partial charge in [-0.3, -0.25) is 0 Å². The van der Waals surface area contributed by atoms with Gasteiger partial charge >= 0.3 is 5.97 Å². The number of carbonyl (C=O) groups is 1. The van der Waals surface area contributed by atoms with E-state index in [2.05, 4.69) is 10.6 Å². The fraction of sp³-hybridized carbons (Fsp3) is 0.250. The molecule has 102 valence electrons. The van der Waals surface area contributed by atoms with E-state index in [9.17, 15) is 17.6 Å². The second-order valence-electron chi connectivity index (χ2n) is 3.70. The van der Waals surface area contributed by atoms with Crippen LogP contribution in [0.4, 0.5) is 4.39 Å². The molecule has 0 aliphatic carbocycles. The lowest BCUT2D eigenvalue weighted by Gasteiger charge is -2.11. The number of aromatic carboxylic acids is 1. The fourth-order valence-electron chi connectivity index (χ4n) is 1.33. The fourth-order valence-corrected chi connectivity index (χ4v) is 2.59. The van der Waals surface area contributed by atoms with E-state index in [-0.39, 0.29) is 4.90 Å². The molecule has 1 aromatic rings. The average Bonchev–Trinajstić information content (AvgIpc) is 2.35. The van der Waals surface area contributed by atoms with Crippen molar-refractivity contribution in [2.24, 2.45) is 0 Å². The van der Waals surface area contributed by atoms with Crippen molar-refractivity contribution in [1.82, 2.24) is 4.72 Å². The second-order valence-corrected chi connectivity index (χ2v) is 5.41. The minimum atomic E-state index is -3.98. The highest BCUT2D eigenvalue weighted by atomic mass is 32.2. The SMILES string of the molecule is C#CC(CC)NS(=O)(=O)c1ccc(F)c(C(=O)O)c1. The van der Waals surface area contributed by atoms with Crippen molar-refractivity contribution in [3.63, 3.8) is 0 Å². The Morgan fingerprint density at radius 1 is 1.58 bits per heavy atom. The Labute approximate surface area is 110 Å². The molecule has 5 nitrogen and oxygen atoms in total. The zero-order valence-corrected chi connectivity index (χ0v) is 10.9. The molecule has 1 atom stereocenters. The van der Waals surface area contributed by atoms with Crippen LogP contribution in [0, 0.1) is 18.2 Å². The summed E-state index contributed by atoms with van der Waals surface area (Å²) in [5.41, 5.74) is -0.711. The zero-order chi connectivity index (χ0) is 14.6. The molecule has 1 rings (SSSR count). The van der Waals surface area contributed by atoms with Crippen LogP contribution >= 0.6 is 0 Å². The normalized spacial score (nSPS) is 12.7. The first-order valence-electron chi connectivity index (χ1n) is 5.33. The molecule has 1 aromatic carbocycles. The molecule has 0 aromatic heterocycles. The van der Waals surface area contributed by atoms with Gasteiger partial charge in [-0.15, -0.1) is 6.42 Å². The smallest absolute Gasteiger partial charge is 0.338 e. The predicted molar refractivity (Wildman–Crippen MR) is 66.6 cm³/mol. The van der Waals surface area contributed by atoms with Crippen LogP contribution in [0.25, 0.3) is 0 Å². The van der Waals surface area contributed by atoms with Crippen molar-refractivity contribution in [2.75, 3.05) is 0 Å². The highest BCUT2D eigenvalue weighted by Gasteiger charge is 2.21. The number of hydrogen-bond donors (Lipinski definition) is 2. The van der Waals surface area contributed by atoms with Crippen LogP contribution < -0.4 is 4.72 Å². The van der Waals surface area contributed by atoms with Gasteiger partial charge in [0.05, 0.1) is 16.5 Å². The second kappa shape index (κ2) is 5.82. The number of nitrogens with one attached hydrogen (secondary N) is 1. The molecule has 1 unspecified atom stereocenters. The summed E-state index contributed by atoms with van der Waals surface area (Å²) in [4.78, 5) is 10.4. The molecule has 0 bridgehead atoms. The van der Waals surface area contributed by atoms with Crippen LogP contribution in [-0.4, -0.2) is 25.5 Å². The number of carboxylic acid groups (broad SMARTS) is 1. The molecule has 0 saturated carbocycles. The Bertz CT molecular complexity index is 634. The maximum atomic E-state index is 13.2. The van der Waals surface area contributed by atoms with Gasteiger partial charge in [-0.1, -0.05) is 12.8 Å². The number of benzene rings is 1. The third kappa shape index (κ3) is 3.53. The van der Waals surface area contributed by atoms with E-state index < -0.39 is 33.4 Å². The number of rotatable bonds is 5. The van der Waals surface area contributed by atoms with E-state index in [0.29, 0.717) is 6.42 Å².